The summed E-state index contributed by atoms with van der Waals surface area (Å²) < 4.78 is 11.2. The third kappa shape index (κ3) is 3.34. The second-order valence-corrected chi connectivity index (χ2v) is 10.6. The lowest BCUT2D eigenvalue weighted by Crippen LogP contribution is -2.48. The van der Waals surface area contributed by atoms with Gasteiger partial charge in [0.15, 0.2) is 28.8 Å². The molecule has 1 fully saturated rings. The molecule has 0 unspecified atom stereocenters. The Bertz CT molecular complexity index is 1720. The minimum atomic E-state index is -1.57. The Morgan fingerprint density at radius 3 is 2.07 bits per heavy atom. The number of hydrogen-bond donors (Lipinski definition) is 0. The van der Waals surface area contributed by atoms with Gasteiger partial charge in [0.05, 0.1) is 20.3 Å². The van der Waals surface area contributed by atoms with E-state index in [1.165, 1.54) is 0 Å². The average molecular weight is 542 g/mol. The minimum Gasteiger partial charge on any atom is -0.493 e. The molecule has 3 atom stereocenters. The highest BCUT2D eigenvalue weighted by Gasteiger charge is 2.71. The van der Waals surface area contributed by atoms with E-state index in [1.807, 2.05) is 65.6 Å². The van der Waals surface area contributed by atoms with Crippen LogP contribution in [-0.4, -0.2) is 43.7 Å². The summed E-state index contributed by atoms with van der Waals surface area (Å²) in [4.78, 5) is 46.1. The van der Waals surface area contributed by atoms with Gasteiger partial charge in [-0.3, -0.25) is 14.4 Å². The van der Waals surface area contributed by atoms with E-state index in [2.05, 4.69) is 0 Å². The first-order chi connectivity index (χ1) is 20.0. The molecule has 4 aromatic rings. The number of carbonyl (C=O) groups excluding carboxylic acids is 3. The van der Waals surface area contributed by atoms with Gasteiger partial charge in [-0.15, -0.1) is 0 Å². The van der Waals surface area contributed by atoms with Gasteiger partial charge in [0.25, 0.3) is 0 Å². The van der Waals surface area contributed by atoms with Gasteiger partial charge in [-0.1, -0.05) is 91.0 Å². The highest BCUT2D eigenvalue weighted by molar-refractivity contribution is 6.32. The van der Waals surface area contributed by atoms with Gasteiger partial charge in [-0.05, 0) is 29.3 Å². The van der Waals surface area contributed by atoms with Crippen LogP contribution in [0.25, 0.3) is 6.08 Å². The Morgan fingerprint density at radius 1 is 0.756 bits per heavy atom. The number of para-hydroxylation sites is 1. The molecule has 3 aliphatic rings. The van der Waals surface area contributed by atoms with Crippen molar-refractivity contribution in [3.8, 4) is 11.5 Å². The minimum absolute atomic E-state index is 0.158. The van der Waals surface area contributed by atoms with Crippen LogP contribution in [0, 0.1) is 5.41 Å². The number of rotatable bonds is 5. The van der Waals surface area contributed by atoms with Gasteiger partial charge in [0.1, 0.15) is 11.5 Å². The summed E-state index contributed by atoms with van der Waals surface area (Å²) in [7, 11) is 3.10. The van der Waals surface area contributed by atoms with Crippen LogP contribution in [-0.2, 0) is 0 Å². The summed E-state index contributed by atoms with van der Waals surface area (Å²) in [6.07, 6.45) is 3.89. The SMILES string of the molecule is COc1ccc([C@H]2[C@H](C(=O)c3ccccc3)N3c4ccccc4C=C[C@@H]3C23C(=O)c2ccccc2C3=O)cc1OC. The summed E-state index contributed by atoms with van der Waals surface area (Å²) in [5, 5.41) is 0. The summed E-state index contributed by atoms with van der Waals surface area (Å²) in [5.41, 5.74) is 2.13. The number of fused-ring (bicyclic) bond motifs is 5. The maximum absolute atomic E-state index is 14.7. The predicted octanol–water partition coefficient (Wildman–Crippen LogP) is 6.02. The molecule has 6 heteroatoms. The Labute approximate surface area is 237 Å². The maximum Gasteiger partial charge on any atom is 0.185 e. The van der Waals surface area contributed by atoms with E-state index in [1.54, 1.807) is 62.8 Å². The zero-order valence-electron chi connectivity index (χ0n) is 22.6. The Morgan fingerprint density at radius 2 is 1.39 bits per heavy atom. The predicted molar refractivity (Wildman–Crippen MR) is 156 cm³/mol. The van der Waals surface area contributed by atoms with Gasteiger partial charge in [-0.25, -0.2) is 0 Å². The summed E-state index contributed by atoms with van der Waals surface area (Å²) in [6, 6.07) is 27.7. The van der Waals surface area contributed by atoms with Crippen molar-refractivity contribution in [2.24, 2.45) is 5.41 Å². The molecule has 4 aromatic carbocycles. The van der Waals surface area contributed by atoms with Crippen LogP contribution >= 0.6 is 0 Å². The number of methoxy groups -OCH3 is 2. The standard InChI is InChI=1S/C35H27NO5/c1-40-27-18-16-23(20-28(27)41-2)30-31(32(37)22-11-4-3-5-12-22)36-26-15-9-6-10-21(26)17-19-29(36)35(30)33(38)24-13-7-8-14-25(24)34(35)39/h3-20,29-31H,1-2H3/t29-,30+,31-/m1/s1. The van der Waals surface area contributed by atoms with Crippen molar-refractivity contribution in [2.45, 2.75) is 18.0 Å². The second-order valence-electron chi connectivity index (χ2n) is 10.6. The van der Waals surface area contributed by atoms with Gasteiger partial charge < -0.3 is 14.4 Å². The monoisotopic (exact) mass is 541 g/mol. The highest BCUT2D eigenvalue weighted by atomic mass is 16.5. The van der Waals surface area contributed by atoms with Crippen LogP contribution in [0.4, 0.5) is 5.69 Å². The van der Waals surface area contributed by atoms with Gasteiger partial charge in [-0.2, -0.15) is 0 Å². The summed E-state index contributed by atoms with van der Waals surface area (Å²) >= 11 is 0. The summed E-state index contributed by atoms with van der Waals surface area (Å²) in [5.74, 6) is -0.524. The molecule has 41 heavy (non-hydrogen) atoms. The third-order valence-corrected chi connectivity index (χ3v) is 8.81. The van der Waals surface area contributed by atoms with Crippen molar-refractivity contribution in [3.05, 3.63) is 131 Å². The first-order valence-electron chi connectivity index (χ1n) is 13.6. The van der Waals surface area contributed by atoms with Crippen molar-refractivity contribution in [1.29, 1.82) is 0 Å². The van der Waals surface area contributed by atoms with Crippen LogP contribution in [0.1, 0.15) is 48.1 Å². The quantitative estimate of drug-likeness (QED) is 0.227. The number of ketones is 3. The third-order valence-electron chi connectivity index (χ3n) is 8.81. The molecule has 1 saturated heterocycles. The average Bonchev–Trinajstić information content (AvgIpc) is 3.47. The smallest absolute Gasteiger partial charge is 0.185 e. The lowest BCUT2D eigenvalue weighted by atomic mass is 9.64. The lowest BCUT2D eigenvalue weighted by Gasteiger charge is -2.37. The van der Waals surface area contributed by atoms with Crippen LogP contribution in [0.15, 0.2) is 103 Å². The lowest BCUT2D eigenvalue weighted by molar-refractivity contribution is 0.0665. The number of carbonyl (C=O) groups is 3. The van der Waals surface area contributed by atoms with E-state index in [-0.39, 0.29) is 17.3 Å². The van der Waals surface area contributed by atoms with Crippen LogP contribution < -0.4 is 14.4 Å². The Balaban J connectivity index is 1.56. The first kappa shape index (κ1) is 25.0. The van der Waals surface area contributed by atoms with Crippen LogP contribution in [0.2, 0.25) is 0 Å². The Kier molecular flexibility index (Phi) is 5.68. The van der Waals surface area contributed by atoms with E-state index in [0.717, 1.165) is 11.3 Å². The number of anilines is 1. The molecule has 0 amide bonds. The van der Waals surface area contributed by atoms with Crippen molar-refractivity contribution in [1.82, 2.24) is 0 Å². The number of nitrogens with zero attached hydrogens (tertiary/aromatic N) is 1. The van der Waals surface area contributed by atoms with E-state index < -0.39 is 23.4 Å². The molecule has 2 heterocycles. The molecule has 0 radical (unpaired) electrons. The van der Waals surface area contributed by atoms with E-state index in [9.17, 15) is 14.4 Å². The zero-order chi connectivity index (χ0) is 28.3. The molecule has 1 spiro atoms. The van der Waals surface area contributed by atoms with Gasteiger partial charge in [0.2, 0.25) is 0 Å². The number of benzene rings is 4. The van der Waals surface area contributed by atoms with Crippen molar-refractivity contribution < 1.29 is 23.9 Å². The molecule has 2 aliphatic heterocycles. The molecule has 0 bridgehead atoms. The maximum atomic E-state index is 14.7. The molecular weight excluding hydrogens is 514 g/mol. The molecule has 0 saturated carbocycles. The molecule has 1 aliphatic carbocycles. The van der Waals surface area contributed by atoms with E-state index in [0.29, 0.717) is 33.8 Å². The van der Waals surface area contributed by atoms with E-state index in [4.69, 9.17) is 9.47 Å². The molecule has 6 nitrogen and oxygen atoms in total. The first-order valence-corrected chi connectivity index (χ1v) is 13.6. The number of ether oxygens (including phenoxy) is 2. The highest BCUT2D eigenvalue weighted by Crippen LogP contribution is 2.61. The topological polar surface area (TPSA) is 72.9 Å². The van der Waals surface area contributed by atoms with Crippen molar-refractivity contribution in [3.63, 3.8) is 0 Å². The van der Waals surface area contributed by atoms with E-state index >= 15 is 0 Å². The number of hydrogen-bond acceptors (Lipinski definition) is 6. The summed E-state index contributed by atoms with van der Waals surface area (Å²) in [6.45, 7) is 0. The largest absolute Gasteiger partial charge is 0.493 e. The van der Waals surface area contributed by atoms with Gasteiger partial charge >= 0.3 is 0 Å². The molecule has 0 N–H and O–H groups in total. The van der Waals surface area contributed by atoms with Gasteiger partial charge in [0, 0.05) is 28.3 Å². The fourth-order valence-electron chi connectivity index (χ4n) is 7.11. The fraction of sp³-hybridized carbons (Fsp3) is 0.171. The number of Topliss-reactive ketones (excluding diaryl/α,β-unsaturated/α-hetero) is 3. The Hall–Kier alpha value is -4.97. The molecular formula is C35H27NO5. The normalized spacial score (nSPS) is 21.4. The molecule has 7 rings (SSSR count). The van der Waals surface area contributed by atoms with Crippen LogP contribution in [0.5, 0.6) is 11.5 Å². The molecule has 0 aromatic heterocycles. The van der Waals surface area contributed by atoms with Crippen molar-refractivity contribution >= 4 is 29.1 Å². The zero-order valence-corrected chi connectivity index (χ0v) is 22.6. The molecule has 202 valence electrons. The second kappa shape index (κ2) is 9.30. The van der Waals surface area contributed by atoms with Crippen molar-refractivity contribution in [2.75, 3.05) is 19.1 Å². The fourth-order valence-corrected chi connectivity index (χ4v) is 7.11. The van der Waals surface area contributed by atoms with Crippen LogP contribution in [0.3, 0.4) is 0 Å².